The molecule has 2 aliphatic heterocycles. The largest absolute Gasteiger partial charge is 0.480 e. The molecule has 35 heavy (non-hydrogen) atoms. The van der Waals surface area contributed by atoms with Crippen LogP contribution in [0.25, 0.3) is 0 Å². The summed E-state index contributed by atoms with van der Waals surface area (Å²) < 4.78 is 24.3. The Kier molecular flexibility index (Phi) is 7.73. The third-order valence-corrected chi connectivity index (χ3v) is 8.81. The molecule has 8 nitrogen and oxygen atoms in total. The summed E-state index contributed by atoms with van der Waals surface area (Å²) in [6, 6.07) is 12.6. The highest BCUT2D eigenvalue weighted by Gasteiger charge is 2.28. The summed E-state index contributed by atoms with van der Waals surface area (Å²) in [5.74, 6) is -1.36. The van der Waals surface area contributed by atoms with Gasteiger partial charge in [-0.1, -0.05) is 23.9 Å². The van der Waals surface area contributed by atoms with E-state index in [9.17, 15) is 18.0 Å². The normalized spacial score (nSPS) is 17.4. The number of nitrogens with one attached hydrogen (secondary N) is 1. The van der Waals surface area contributed by atoms with Crippen molar-refractivity contribution in [3.8, 4) is 0 Å². The third-order valence-electron chi connectivity index (χ3n) is 6.57. The van der Waals surface area contributed by atoms with Gasteiger partial charge in [-0.15, -0.1) is 0 Å². The number of carbonyl (C=O) groups is 2. The Bertz CT molecular complexity index is 1210. The number of piperidine rings is 1. The number of benzene rings is 2. The van der Waals surface area contributed by atoms with Crippen molar-refractivity contribution in [1.82, 2.24) is 10.2 Å². The summed E-state index contributed by atoms with van der Waals surface area (Å²) in [6.45, 7) is 4.67. The van der Waals surface area contributed by atoms with Crippen molar-refractivity contribution in [2.75, 3.05) is 37.3 Å². The Labute approximate surface area is 210 Å². The molecule has 1 unspecified atom stereocenters. The van der Waals surface area contributed by atoms with E-state index in [1.807, 2.05) is 18.2 Å². The van der Waals surface area contributed by atoms with Crippen LogP contribution in [0.1, 0.15) is 26.2 Å². The van der Waals surface area contributed by atoms with Crippen molar-refractivity contribution in [3.05, 3.63) is 42.5 Å². The van der Waals surface area contributed by atoms with Gasteiger partial charge in [0.25, 0.3) is 0 Å². The predicted octanol–water partition coefficient (Wildman–Crippen LogP) is 3.38. The van der Waals surface area contributed by atoms with Gasteiger partial charge in [-0.2, -0.15) is 0 Å². The number of hydrogen-bond donors (Lipinski definition) is 2. The number of aliphatic carboxylic acids is 1. The Morgan fingerprint density at radius 2 is 1.77 bits per heavy atom. The van der Waals surface area contributed by atoms with E-state index in [2.05, 4.69) is 27.2 Å². The topological polar surface area (TPSA) is 107 Å². The van der Waals surface area contributed by atoms with E-state index < -0.39 is 21.8 Å². The Hall–Kier alpha value is -2.56. The number of likely N-dealkylation sites (tertiary alicyclic amines) is 1. The summed E-state index contributed by atoms with van der Waals surface area (Å²) in [5, 5.41) is 11.6. The lowest BCUT2D eigenvalue weighted by molar-refractivity contribution is -0.142. The summed E-state index contributed by atoms with van der Waals surface area (Å²) in [5.41, 5.74) is 2.00. The molecule has 1 atom stereocenters. The van der Waals surface area contributed by atoms with Crippen molar-refractivity contribution < 1.29 is 23.1 Å². The molecule has 2 aliphatic rings. The van der Waals surface area contributed by atoms with Gasteiger partial charge < -0.3 is 20.2 Å². The molecule has 2 aromatic rings. The van der Waals surface area contributed by atoms with Gasteiger partial charge in [-0.05, 0) is 76.2 Å². The first-order valence-corrected chi connectivity index (χ1v) is 14.5. The lowest BCUT2D eigenvalue weighted by atomic mass is 9.95. The fourth-order valence-electron chi connectivity index (χ4n) is 4.54. The summed E-state index contributed by atoms with van der Waals surface area (Å²) in [6.07, 6.45) is 3.54. The number of rotatable bonds is 8. The zero-order valence-electron chi connectivity index (χ0n) is 19.9. The minimum Gasteiger partial charge on any atom is -0.480 e. The predicted molar refractivity (Wildman–Crippen MR) is 136 cm³/mol. The van der Waals surface area contributed by atoms with Crippen LogP contribution in [0.2, 0.25) is 0 Å². The van der Waals surface area contributed by atoms with Crippen LogP contribution in [0.4, 0.5) is 11.4 Å². The highest BCUT2D eigenvalue weighted by molar-refractivity contribution is 7.99. The Morgan fingerprint density at radius 3 is 2.46 bits per heavy atom. The maximum Gasteiger partial charge on any atom is 0.325 e. The number of carboxylic acids is 1. The fourth-order valence-corrected chi connectivity index (χ4v) is 6.26. The van der Waals surface area contributed by atoms with Gasteiger partial charge in [0.2, 0.25) is 5.91 Å². The van der Waals surface area contributed by atoms with Crippen molar-refractivity contribution in [3.63, 3.8) is 0 Å². The number of para-hydroxylation sites is 1. The molecule has 0 spiro atoms. The van der Waals surface area contributed by atoms with Crippen LogP contribution in [0.5, 0.6) is 0 Å². The molecule has 1 fully saturated rings. The number of amides is 1. The summed E-state index contributed by atoms with van der Waals surface area (Å²) in [7, 11) is -3.31. The highest BCUT2D eigenvalue weighted by Crippen LogP contribution is 2.48. The summed E-state index contributed by atoms with van der Waals surface area (Å²) >= 11 is 1.65. The fraction of sp³-hybridized carbons (Fsp3) is 0.440. The maximum absolute atomic E-state index is 12.3. The van der Waals surface area contributed by atoms with Crippen LogP contribution in [0.15, 0.2) is 57.2 Å². The first kappa shape index (κ1) is 25.5. The lowest BCUT2D eigenvalue weighted by Gasteiger charge is -2.35. The minimum absolute atomic E-state index is 0.152. The minimum atomic E-state index is -3.31. The van der Waals surface area contributed by atoms with Gasteiger partial charge in [0, 0.05) is 28.5 Å². The molecule has 2 heterocycles. The smallest absolute Gasteiger partial charge is 0.325 e. The molecule has 0 radical (unpaired) electrons. The Balaban J connectivity index is 1.38. The van der Waals surface area contributed by atoms with Gasteiger partial charge in [-0.3, -0.25) is 9.59 Å². The number of nitrogens with zero attached hydrogens (tertiary/aromatic N) is 2. The molecule has 0 bridgehead atoms. The zero-order chi connectivity index (χ0) is 25.2. The van der Waals surface area contributed by atoms with E-state index in [1.54, 1.807) is 23.9 Å². The molecule has 0 aliphatic carbocycles. The second-order valence-electron chi connectivity index (χ2n) is 9.16. The Morgan fingerprint density at radius 1 is 1.09 bits per heavy atom. The first-order valence-electron chi connectivity index (χ1n) is 11.8. The highest BCUT2D eigenvalue weighted by atomic mass is 32.2. The van der Waals surface area contributed by atoms with E-state index in [1.165, 1.54) is 13.2 Å². The molecule has 2 N–H and O–H groups in total. The standard InChI is InChI=1S/C25H31N3O5S2/c1-17(25(30)31)26-24(29)18-10-14-27(15-11-18)12-5-13-28-20-6-3-4-7-22(20)34-23-9-8-19(16-21(23)28)35(2,32)33/h3-4,6-9,16-18H,5,10-15H2,1-2H3,(H,26,29)(H,30,31). The van der Waals surface area contributed by atoms with Gasteiger partial charge in [0.05, 0.1) is 16.3 Å². The number of hydrogen-bond acceptors (Lipinski definition) is 7. The molecule has 188 valence electrons. The lowest BCUT2D eigenvalue weighted by Crippen LogP contribution is -2.45. The molecule has 10 heteroatoms. The monoisotopic (exact) mass is 517 g/mol. The molecular formula is C25H31N3O5S2. The first-order chi connectivity index (χ1) is 16.6. The van der Waals surface area contributed by atoms with Gasteiger partial charge in [0.1, 0.15) is 6.04 Å². The molecule has 4 rings (SSSR count). The molecule has 1 amide bonds. The molecule has 2 aromatic carbocycles. The number of fused-ring (bicyclic) bond motifs is 2. The van der Waals surface area contributed by atoms with Gasteiger partial charge >= 0.3 is 5.97 Å². The average Bonchev–Trinajstić information content (AvgIpc) is 2.83. The summed E-state index contributed by atoms with van der Waals surface area (Å²) in [4.78, 5) is 30.4. The SMILES string of the molecule is CC(NC(=O)C1CCN(CCCN2c3ccccc3Sc3ccc(S(C)(=O)=O)cc32)CC1)C(=O)O. The van der Waals surface area contributed by atoms with Crippen LogP contribution < -0.4 is 10.2 Å². The van der Waals surface area contributed by atoms with Crippen molar-refractivity contribution in [2.45, 2.75) is 46.9 Å². The van der Waals surface area contributed by atoms with E-state index in [-0.39, 0.29) is 11.8 Å². The maximum atomic E-state index is 12.3. The quantitative estimate of drug-likeness (QED) is 0.549. The number of carboxylic acid groups (broad SMARTS) is 1. The van der Waals surface area contributed by atoms with E-state index in [0.29, 0.717) is 17.7 Å². The zero-order valence-corrected chi connectivity index (χ0v) is 21.6. The second-order valence-corrected chi connectivity index (χ2v) is 12.3. The van der Waals surface area contributed by atoms with E-state index >= 15 is 0 Å². The molecule has 0 saturated carbocycles. The average molecular weight is 518 g/mol. The van der Waals surface area contributed by atoms with Crippen molar-refractivity contribution >= 4 is 44.9 Å². The van der Waals surface area contributed by atoms with Crippen molar-refractivity contribution in [2.24, 2.45) is 5.92 Å². The number of anilines is 2. The number of sulfone groups is 1. The number of carbonyl (C=O) groups excluding carboxylic acids is 1. The molecular weight excluding hydrogens is 486 g/mol. The van der Waals surface area contributed by atoms with E-state index in [4.69, 9.17) is 5.11 Å². The molecule has 0 aromatic heterocycles. The van der Waals surface area contributed by atoms with Crippen LogP contribution in [-0.4, -0.2) is 68.8 Å². The van der Waals surface area contributed by atoms with Crippen molar-refractivity contribution in [1.29, 1.82) is 0 Å². The van der Waals surface area contributed by atoms with Crippen LogP contribution in [-0.2, 0) is 19.4 Å². The van der Waals surface area contributed by atoms with Gasteiger partial charge in [-0.25, -0.2) is 8.42 Å². The third kappa shape index (κ3) is 5.99. The molecule has 1 saturated heterocycles. The van der Waals surface area contributed by atoms with Crippen LogP contribution in [0, 0.1) is 5.92 Å². The second kappa shape index (κ2) is 10.6. The van der Waals surface area contributed by atoms with Crippen LogP contribution >= 0.6 is 11.8 Å². The van der Waals surface area contributed by atoms with Crippen LogP contribution in [0.3, 0.4) is 0 Å². The van der Waals surface area contributed by atoms with E-state index in [0.717, 1.165) is 53.8 Å². The van der Waals surface area contributed by atoms with Gasteiger partial charge in [0.15, 0.2) is 9.84 Å².